The molecule has 0 saturated heterocycles. The van der Waals surface area contributed by atoms with Crippen LogP contribution in [0, 0.1) is 12.3 Å². The van der Waals surface area contributed by atoms with Crippen LogP contribution in [0.15, 0.2) is 6.07 Å². The molecule has 0 radical (unpaired) electrons. The van der Waals surface area contributed by atoms with Gasteiger partial charge in [0.1, 0.15) is 0 Å². The summed E-state index contributed by atoms with van der Waals surface area (Å²) in [5.41, 5.74) is 2.83. The van der Waals surface area contributed by atoms with Crippen molar-refractivity contribution in [3.8, 4) is 0 Å². The molecular formula is C14H27N3. The largest absolute Gasteiger partial charge is 0.317 e. The molecule has 0 atom stereocenters. The number of rotatable bonds is 7. The molecule has 3 nitrogen and oxygen atoms in total. The third kappa shape index (κ3) is 4.50. The number of hydrogen-bond acceptors (Lipinski definition) is 2. The van der Waals surface area contributed by atoms with Crippen LogP contribution in [-0.2, 0) is 13.0 Å². The Morgan fingerprint density at radius 2 is 2.06 bits per heavy atom. The number of hydrogen-bond donors (Lipinski definition) is 1. The predicted molar refractivity (Wildman–Crippen MR) is 73.3 cm³/mol. The first-order chi connectivity index (χ1) is 7.98. The van der Waals surface area contributed by atoms with Crippen molar-refractivity contribution in [3.05, 3.63) is 17.5 Å². The van der Waals surface area contributed by atoms with Crippen LogP contribution in [0.5, 0.6) is 0 Å². The van der Waals surface area contributed by atoms with Gasteiger partial charge in [-0.25, -0.2) is 0 Å². The highest BCUT2D eigenvalue weighted by Crippen LogP contribution is 2.25. The fraction of sp³-hybridized carbons (Fsp3) is 0.786. The highest BCUT2D eigenvalue weighted by molar-refractivity contribution is 5.10. The quantitative estimate of drug-likeness (QED) is 0.739. The zero-order chi connectivity index (χ0) is 12.9. The first-order valence-corrected chi connectivity index (χ1v) is 6.72. The van der Waals surface area contributed by atoms with Gasteiger partial charge in [-0.2, -0.15) is 5.10 Å². The summed E-state index contributed by atoms with van der Waals surface area (Å²) in [6.07, 6.45) is 2.31. The van der Waals surface area contributed by atoms with Gasteiger partial charge in [0.25, 0.3) is 0 Å². The van der Waals surface area contributed by atoms with Crippen LogP contribution >= 0.6 is 0 Å². The first-order valence-electron chi connectivity index (χ1n) is 6.72. The number of aryl methyl sites for hydroxylation is 2. The van der Waals surface area contributed by atoms with Crippen LogP contribution in [0.4, 0.5) is 0 Å². The van der Waals surface area contributed by atoms with Gasteiger partial charge in [-0.05, 0) is 51.3 Å². The zero-order valence-electron chi connectivity index (χ0n) is 12.0. The van der Waals surface area contributed by atoms with E-state index in [1.807, 2.05) is 0 Å². The predicted octanol–water partition coefficient (Wildman–Crippen LogP) is 2.78. The van der Waals surface area contributed by atoms with Crippen LogP contribution in [0.3, 0.4) is 0 Å². The number of aromatic nitrogens is 2. The third-order valence-corrected chi connectivity index (χ3v) is 3.17. The lowest BCUT2D eigenvalue weighted by Crippen LogP contribution is -2.24. The lowest BCUT2D eigenvalue weighted by atomic mass is 9.84. The minimum absolute atomic E-state index is 0.335. The topological polar surface area (TPSA) is 29.9 Å². The average molecular weight is 237 g/mol. The summed E-state index contributed by atoms with van der Waals surface area (Å²) in [5, 5.41) is 7.91. The van der Waals surface area contributed by atoms with Crippen molar-refractivity contribution in [3.63, 3.8) is 0 Å². The molecule has 0 aromatic carbocycles. The van der Waals surface area contributed by atoms with E-state index in [1.54, 1.807) is 0 Å². The van der Waals surface area contributed by atoms with Gasteiger partial charge in [-0.3, -0.25) is 4.68 Å². The molecule has 0 amide bonds. The van der Waals surface area contributed by atoms with Crippen molar-refractivity contribution < 1.29 is 0 Å². The minimum Gasteiger partial charge on any atom is -0.317 e. The third-order valence-electron chi connectivity index (χ3n) is 3.17. The van der Waals surface area contributed by atoms with Gasteiger partial charge < -0.3 is 5.32 Å². The standard InChI is InChI=1S/C14H27N3/c1-6-15-9-8-14(4,5)11-13-10-12(3)16-17(13)7-2/h10,15H,6-9,11H2,1-5H3. The maximum Gasteiger partial charge on any atom is 0.0596 e. The molecule has 1 rings (SSSR count). The maximum absolute atomic E-state index is 4.51. The molecule has 1 heterocycles. The summed E-state index contributed by atoms with van der Waals surface area (Å²) in [7, 11) is 0. The summed E-state index contributed by atoms with van der Waals surface area (Å²) < 4.78 is 2.13. The second kappa shape index (κ2) is 6.20. The van der Waals surface area contributed by atoms with E-state index in [1.165, 1.54) is 12.1 Å². The lowest BCUT2D eigenvalue weighted by Gasteiger charge is -2.25. The normalized spacial score (nSPS) is 12.1. The highest BCUT2D eigenvalue weighted by Gasteiger charge is 2.20. The summed E-state index contributed by atoms with van der Waals surface area (Å²) >= 11 is 0. The van der Waals surface area contributed by atoms with Crippen LogP contribution < -0.4 is 5.32 Å². The number of nitrogens with zero attached hydrogens (tertiary/aromatic N) is 2. The van der Waals surface area contributed by atoms with Crippen molar-refractivity contribution >= 4 is 0 Å². The van der Waals surface area contributed by atoms with Crippen molar-refractivity contribution in [2.24, 2.45) is 5.41 Å². The van der Waals surface area contributed by atoms with Crippen molar-refractivity contribution in [2.45, 2.75) is 54.0 Å². The Bertz CT molecular complexity index is 339. The Kier molecular flexibility index (Phi) is 5.19. The molecule has 0 fully saturated rings. The molecular weight excluding hydrogens is 210 g/mol. The second-order valence-corrected chi connectivity index (χ2v) is 5.54. The van der Waals surface area contributed by atoms with E-state index in [0.29, 0.717) is 5.41 Å². The van der Waals surface area contributed by atoms with Crippen LogP contribution in [0.1, 0.15) is 45.5 Å². The van der Waals surface area contributed by atoms with Crippen molar-refractivity contribution in [1.29, 1.82) is 0 Å². The van der Waals surface area contributed by atoms with Gasteiger partial charge >= 0.3 is 0 Å². The van der Waals surface area contributed by atoms with Gasteiger partial charge in [0.2, 0.25) is 0 Å². The molecule has 0 aliphatic heterocycles. The SMILES string of the molecule is CCNCCC(C)(C)Cc1cc(C)nn1CC. The Hall–Kier alpha value is -0.830. The lowest BCUT2D eigenvalue weighted by molar-refractivity contribution is 0.317. The first kappa shape index (κ1) is 14.2. The van der Waals surface area contributed by atoms with Gasteiger partial charge in [-0.15, -0.1) is 0 Å². The molecule has 1 N–H and O–H groups in total. The van der Waals surface area contributed by atoms with E-state index < -0.39 is 0 Å². The van der Waals surface area contributed by atoms with Gasteiger partial charge in [0, 0.05) is 12.2 Å². The molecule has 0 aliphatic carbocycles. The van der Waals surface area contributed by atoms with Crippen molar-refractivity contribution in [2.75, 3.05) is 13.1 Å². The van der Waals surface area contributed by atoms with Gasteiger partial charge in [0.05, 0.1) is 5.69 Å². The summed E-state index contributed by atoms with van der Waals surface area (Å²) in [4.78, 5) is 0. The van der Waals surface area contributed by atoms with E-state index in [0.717, 1.165) is 31.7 Å². The number of nitrogens with one attached hydrogen (secondary N) is 1. The fourth-order valence-electron chi connectivity index (χ4n) is 2.20. The molecule has 1 aromatic heterocycles. The summed E-state index contributed by atoms with van der Waals surface area (Å²) in [5.74, 6) is 0. The molecule has 3 heteroatoms. The van der Waals surface area contributed by atoms with E-state index in [9.17, 15) is 0 Å². The Morgan fingerprint density at radius 3 is 2.65 bits per heavy atom. The van der Waals surface area contributed by atoms with Crippen molar-refractivity contribution in [1.82, 2.24) is 15.1 Å². The molecule has 0 saturated carbocycles. The molecule has 17 heavy (non-hydrogen) atoms. The monoisotopic (exact) mass is 237 g/mol. The van der Waals surface area contributed by atoms with E-state index in [4.69, 9.17) is 0 Å². The zero-order valence-corrected chi connectivity index (χ0v) is 12.0. The van der Waals surface area contributed by atoms with E-state index in [2.05, 4.69) is 55.8 Å². The molecule has 0 spiro atoms. The molecule has 0 bridgehead atoms. The smallest absolute Gasteiger partial charge is 0.0596 e. The van der Waals surface area contributed by atoms with Gasteiger partial charge in [0.15, 0.2) is 0 Å². The highest BCUT2D eigenvalue weighted by atomic mass is 15.3. The molecule has 0 unspecified atom stereocenters. The van der Waals surface area contributed by atoms with Crippen LogP contribution in [0.25, 0.3) is 0 Å². The second-order valence-electron chi connectivity index (χ2n) is 5.54. The molecule has 1 aromatic rings. The molecule has 98 valence electrons. The average Bonchev–Trinajstić information content (AvgIpc) is 2.58. The fourth-order valence-corrected chi connectivity index (χ4v) is 2.20. The minimum atomic E-state index is 0.335. The summed E-state index contributed by atoms with van der Waals surface area (Å²) in [6, 6.07) is 2.22. The molecule has 0 aliphatic rings. The summed E-state index contributed by atoms with van der Waals surface area (Å²) in [6.45, 7) is 14.2. The Balaban J connectivity index is 2.61. The maximum atomic E-state index is 4.51. The van der Waals surface area contributed by atoms with E-state index in [-0.39, 0.29) is 0 Å². The van der Waals surface area contributed by atoms with Gasteiger partial charge in [-0.1, -0.05) is 20.8 Å². The Morgan fingerprint density at radius 1 is 1.35 bits per heavy atom. The van der Waals surface area contributed by atoms with Crippen LogP contribution in [-0.4, -0.2) is 22.9 Å². The Labute approximate surface area is 106 Å². The van der Waals surface area contributed by atoms with Crippen LogP contribution in [0.2, 0.25) is 0 Å². The van der Waals surface area contributed by atoms with E-state index >= 15 is 0 Å².